The van der Waals surface area contributed by atoms with E-state index in [9.17, 15) is 0 Å². The number of ether oxygens (including phenoxy) is 4. The molecule has 122 valence electrons. The number of aliphatic hydroxyl groups is 1. The monoisotopic (exact) mass is 292 g/mol. The van der Waals surface area contributed by atoms with Crippen LogP contribution in [0.15, 0.2) is 0 Å². The zero-order valence-corrected chi connectivity index (χ0v) is 13.1. The van der Waals surface area contributed by atoms with Crippen molar-refractivity contribution in [3.05, 3.63) is 0 Å². The van der Waals surface area contributed by atoms with Crippen LogP contribution in [-0.4, -0.2) is 64.6 Å². The molecule has 5 nitrogen and oxygen atoms in total. The Kier molecular flexibility index (Phi) is 16.7. The number of aliphatic hydroxyl groups excluding tert-OH is 1. The Hall–Kier alpha value is -0.200. The Balaban J connectivity index is 2.92. The van der Waals surface area contributed by atoms with E-state index >= 15 is 0 Å². The first-order valence-corrected chi connectivity index (χ1v) is 7.69. The van der Waals surface area contributed by atoms with Gasteiger partial charge in [0.05, 0.1) is 52.9 Å². The Labute approximate surface area is 123 Å². The lowest BCUT2D eigenvalue weighted by molar-refractivity contribution is -0.00580. The molecule has 0 rings (SSSR count). The summed E-state index contributed by atoms with van der Waals surface area (Å²) in [4.78, 5) is 0. The van der Waals surface area contributed by atoms with Crippen LogP contribution in [0.1, 0.15) is 33.1 Å². The Morgan fingerprint density at radius 1 is 0.650 bits per heavy atom. The number of rotatable bonds is 16. The molecular weight excluding hydrogens is 260 g/mol. The molecular formula is C15H32O5. The molecule has 0 saturated heterocycles. The fourth-order valence-electron chi connectivity index (χ4n) is 1.58. The molecule has 0 aromatic rings. The summed E-state index contributed by atoms with van der Waals surface area (Å²) in [6, 6.07) is 0. The minimum atomic E-state index is 0.0561. The van der Waals surface area contributed by atoms with E-state index in [4.69, 9.17) is 24.1 Å². The third kappa shape index (κ3) is 17.8. The van der Waals surface area contributed by atoms with Crippen LogP contribution in [0.3, 0.4) is 0 Å². The molecule has 0 heterocycles. The molecule has 0 aromatic carbocycles. The molecule has 0 aromatic heterocycles. The summed E-state index contributed by atoms with van der Waals surface area (Å²) < 4.78 is 21.2. The van der Waals surface area contributed by atoms with Crippen molar-refractivity contribution in [2.75, 3.05) is 59.5 Å². The van der Waals surface area contributed by atoms with Crippen molar-refractivity contribution < 1.29 is 24.1 Å². The summed E-state index contributed by atoms with van der Waals surface area (Å²) in [5, 5.41) is 8.48. The molecule has 0 atom stereocenters. The van der Waals surface area contributed by atoms with Gasteiger partial charge in [0.15, 0.2) is 0 Å². The van der Waals surface area contributed by atoms with E-state index in [1.807, 2.05) is 0 Å². The van der Waals surface area contributed by atoms with Crippen LogP contribution in [0, 0.1) is 5.92 Å². The average Bonchev–Trinajstić information content (AvgIpc) is 2.43. The molecule has 0 unspecified atom stereocenters. The summed E-state index contributed by atoms with van der Waals surface area (Å²) in [5.41, 5.74) is 0. The van der Waals surface area contributed by atoms with Crippen LogP contribution in [0.5, 0.6) is 0 Å². The molecule has 5 heteroatoms. The summed E-state index contributed by atoms with van der Waals surface area (Å²) in [6.45, 7) is 9.22. The first-order chi connectivity index (χ1) is 9.77. The van der Waals surface area contributed by atoms with Crippen LogP contribution in [0.2, 0.25) is 0 Å². The molecule has 0 aliphatic heterocycles. The SMILES string of the molecule is CC(C)CCCCOCCOCCOCCOCCO. The van der Waals surface area contributed by atoms with Gasteiger partial charge in [0.25, 0.3) is 0 Å². The van der Waals surface area contributed by atoms with Crippen molar-refractivity contribution in [1.29, 1.82) is 0 Å². The lowest BCUT2D eigenvalue weighted by Gasteiger charge is -2.07. The van der Waals surface area contributed by atoms with E-state index < -0.39 is 0 Å². The largest absolute Gasteiger partial charge is 0.394 e. The van der Waals surface area contributed by atoms with Gasteiger partial charge < -0.3 is 24.1 Å². The Morgan fingerprint density at radius 2 is 1.10 bits per heavy atom. The molecule has 0 saturated carbocycles. The minimum Gasteiger partial charge on any atom is -0.394 e. The molecule has 20 heavy (non-hydrogen) atoms. The van der Waals surface area contributed by atoms with Gasteiger partial charge in [0, 0.05) is 6.61 Å². The van der Waals surface area contributed by atoms with Crippen molar-refractivity contribution in [1.82, 2.24) is 0 Å². The number of hydrogen-bond acceptors (Lipinski definition) is 5. The molecule has 0 amide bonds. The van der Waals surface area contributed by atoms with Gasteiger partial charge >= 0.3 is 0 Å². The first kappa shape index (κ1) is 19.8. The van der Waals surface area contributed by atoms with E-state index in [2.05, 4.69) is 13.8 Å². The van der Waals surface area contributed by atoms with Gasteiger partial charge in [-0.3, -0.25) is 0 Å². The lowest BCUT2D eigenvalue weighted by atomic mass is 10.1. The highest BCUT2D eigenvalue weighted by Crippen LogP contribution is 2.05. The molecule has 0 spiro atoms. The predicted molar refractivity (Wildman–Crippen MR) is 79.1 cm³/mol. The van der Waals surface area contributed by atoms with Gasteiger partial charge in [0.2, 0.25) is 0 Å². The maximum atomic E-state index is 8.48. The fraction of sp³-hybridized carbons (Fsp3) is 1.00. The minimum absolute atomic E-state index is 0.0561. The van der Waals surface area contributed by atoms with Gasteiger partial charge in [-0.2, -0.15) is 0 Å². The van der Waals surface area contributed by atoms with Gasteiger partial charge in [0.1, 0.15) is 0 Å². The second kappa shape index (κ2) is 16.9. The van der Waals surface area contributed by atoms with Crippen molar-refractivity contribution in [2.24, 2.45) is 5.92 Å². The van der Waals surface area contributed by atoms with Crippen LogP contribution >= 0.6 is 0 Å². The topological polar surface area (TPSA) is 57.2 Å². The van der Waals surface area contributed by atoms with Crippen molar-refractivity contribution in [3.63, 3.8) is 0 Å². The van der Waals surface area contributed by atoms with Crippen LogP contribution in [0.4, 0.5) is 0 Å². The summed E-state index contributed by atoms with van der Waals surface area (Å²) in [6.07, 6.45) is 3.65. The van der Waals surface area contributed by atoms with Crippen molar-refractivity contribution in [3.8, 4) is 0 Å². The van der Waals surface area contributed by atoms with E-state index in [0.717, 1.165) is 18.9 Å². The third-order valence-corrected chi connectivity index (χ3v) is 2.67. The van der Waals surface area contributed by atoms with Gasteiger partial charge in [-0.1, -0.05) is 26.7 Å². The van der Waals surface area contributed by atoms with Crippen LogP contribution in [0.25, 0.3) is 0 Å². The highest BCUT2D eigenvalue weighted by molar-refractivity contribution is 4.46. The fourth-order valence-corrected chi connectivity index (χ4v) is 1.58. The van der Waals surface area contributed by atoms with Crippen LogP contribution < -0.4 is 0 Å². The van der Waals surface area contributed by atoms with E-state index in [0.29, 0.717) is 46.2 Å². The number of unbranched alkanes of at least 4 members (excludes halogenated alkanes) is 1. The standard InChI is InChI=1S/C15H32O5/c1-15(2)5-3-4-7-17-9-11-19-13-14-20-12-10-18-8-6-16/h15-16H,3-14H2,1-2H3. The smallest absolute Gasteiger partial charge is 0.0701 e. The molecule has 1 N–H and O–H groups in total. The zero-order valence-electron chi connectivity index (χ0n) is 13.1. The highest BCUT2D eigenvalue weighted by atomic mass is 16.6. The first-order valence-electron chi connectivity index (χ1n) is 7.69. The average molecular weight is 292 g/mol. The molecule has 0 fully saturated rings. The second-order valence-corrected chi connectivity index (χ2v) is 5.06. The predicted octanol–water partition coefficient (Wildman–Crippen LogP) is 1.87. The Morgan fingerprint density at radius 3 is 1.55 bits per heavy atom. The van der Waals surface area contributed by atoms with E-state index in [1.54, 1.807) is 0 Å². The van der Waals surface area contributed by atoms with E-state index in [-0.39, 0.29) is 6.61 Å². The lowest BCUT2D eigenvalue weighted by Crippen LogP contribution is -2.12. The maximum absolute atomic E-state index is 8.48. The van der Waals surface area contributed by atoms with Crippen LogP contribution in [-0.2, 0) is 18.9 Å². The third-order valence-electron chi connectivity index (χ3n) is 2.67. The summed E-state index contributed by atoms with van der Waals surface area (Å²) in [5.74, 6) is 0.785. The number of hydrogen-bond donors (Lipinski definition) is 1. The van der Waals surface area contributed by atoms with E-state index in [1.165, 1.54) is 12.8 Å². The Bertz CT molecular complexity index is 176. The molecule has 0 radical (unpaired) electrons. The quantitative estimate of drug-likeness (QED) is 0.440. The normalized spacial score (nSPS) is 11.4. The molecule has 0 aliphatic rings. The van der Waals surface area contributed by atoms with Crippen molar-refractivity contribution in [2.45, 2.75) is 33.1 Å². The molecule has 0 bridgehead atoms. The second-order valence-electron chi connectivity index (χ2n) is 5.06. The van der Waals surface area contributed by atoms with Gasteiger partial charge in [-0.25, -0.2) is 0 Å². The van der Waals surface area contributed by atoms with Crippen molar-refractivity contribution >= 4 is 0 Å². The highest BCUT2D eigenvalue weighted by Gasteiger charge is 1.95. The zero-order chi connectivity index (χ0) is 14.9. The van der Waals surface area contributed by atoms with Gasteiger partial charge in [-0.05, 0) is 12.3 Å². The molecule has 0 aliphatic carbocycles. The van der Waals surface area contributed by atoms with Gasteiger partial charge in [-0.15, -0.1) is 0 Å². The summed E-state index contributed by atoms with van der Waals surface area (Å²) >= 11 is 0. The summed E-state index contributed by atoms with van der Waals surface area (Å²) in [7, 11) is 0. The maximum Gasteiger partial charge on any atom is 0.0701 e.